The number of carboxylic acid groups (broad SMARTS) is 1. The molecule has 0 radical (unpaired) electrons. The Labute approximate surface area is 201 Å². The van der Waals surface area contributed by atoms with Crippen LogP contribution >= 0.6 is 0 Å². The molecule has 0 saturated carbocycles. The summed E-state index contributed by atoms with van der Waals surface area (Å²) >= 11 is 0. The fraction of sp³-hybridized carbons (Fsp3) is 0.696. The summed E-state index contributed by atoms with van der Waals surface area (Å²) in [7, 11) is 0. The lowest BCUT2D eigenvalue weighted by Crippen LogP contribution is -2.59. The number of aliphatic carboxylic acids is 1. The minimum absolute atomic E-state index is 0.0536. The van der Waals surface area contributed by atoms with Crippen LogP contribution in [0.1, 0.15) is 60.1 Å². The van der Waals surface area contributed by atoms with E-state index in [0.29, 0.717) is 18.5 Å². The first-order chi connectivity index (χ1) is 15.9. The van der Waals surface area contributed by atoms with Gasteiger partial charge in [0.1, 0.15) is 18.1 Å². The smallest absolute Gasteiger partial charge is 0.326 e. The van der Waals surface area contributed by atoms with E-state index in [1.165, 1.54) is 6.33 Å². The number of rotatable bonds is 14. The summed E-state index contributed by atoms with van der Waals surface area (Å²) in [5.41, 5.74) is 6.71. The molecule has 0 aliphatic carbocycles. The fourth-order valence-electron chi connectivity index (χ4n) is 3.42. The molecule has 0 fully saturated rings. The minimum Gasteiger partial charge on any atom is -0.480 e. The van der Waals surface area contributed by atoms with E-state index in [1.807, 2.05) is 27.7 Å². The lowest BCUT2D eigenvalue weighted by Gasteiger charge is -2.29. The van der Waals surface area contributed by atoms with Gasteiger partial charge in [-0.3, -0.25) is 14.4 Å². The van der Waals surface area contributed by atoms with Gasteiger partial charge in [-0.1, -0.05) is 48.0 Å². The Bertz CT molecular complexity index is 811. The van der Waals surface area contributed by atoms with Crippen molar-refractivity contribution in [1.29, 1.82) is 0 Å². The van der Waals surface area contributed by atoms with Crippen LogP contribution in [-0.4, -0.2) is 62.9 Å². The van der Waals surface area contributed by atoms with Crippen molar-refractivity contribution in [3.05, 3.63) is 18.2 Å². The van der Waals surface area contributed by atoms with Crippen molar-refractivity contribution in [2.75, 3.05) is 0 Å². The number of imidazole rings is 1. The van der Waals surface area contributed by atoms with Gasteiger partial charge in [0.15, 0.2) is 0 Å². The lowest BCUT2D eigenvalue weighted by molar-refractivity contribution is -0.143. The van der Waals surface area contributed by atoms with Crippen molar-refractivity contribution >= 4 is 23.7 Å². The molecule has 1 rings (SSSR count). The van der Waals surface area contributed by atoms with E-state index in [1.54, 1.807) is 20.0 Å². The number of aromatic nitrogens is 2. The molecule has 0 bridgehead atoms. The zero-order valence-corrected chi connectivity index (χ0v) is 20.9. The van der Waals surface area contributed by atoms with Gasteiger partial charge in [0.25, 0.3) is 0 Å². The average molecular weight is 481 g/mol. The Kier molecular flexibility index (Phi) is 11.7. The number of H-pyrrole nitrogens is 1. The number of hydrogen-bond acceptors (Lipinski definition) is 6. The molecule has 3 amide bonds. The first-order valence-corrected chi connectivity index (χ1v) is 11.7. The summed E-state index contributed by atoms with van der Waals surface area (Å²) in [4.78, 5) is 57.1. The Balaban J connectivity index is 2.97. The predicted octanol–water partition coefficient (Wildman–Crippen LogP) is 0.567. The van der Waals surface area contributed by atoms with E-state index in [9.17, 15) is 24.3 Å². The molecule has 1 aromatic heterocycles. The van der Waals surface area contributed by atoms with Crippen LogP contribution in [0.3, 0.4) is 0 Å². The predicted molar refractivity (Wildman–Crippen MR) is 127 cm³/mol. The molecule has 5 unspecified atom stereocenters. The van der Waals surface area contributed by atoms with E-state index in [0.717, 1.165) is 0 Å². The molecule has 0 aliphatic rings. The normalized spacial score (nSPS) is 15.8. The molecule has 0 spiro atoms. The monoisotopic (exact) mass is 480 g/mol. The number of nitrogens with two attached hydrogens (primary N) is 1. The highest BCUT2D eigenvalue weighted by atomic mass is 16.4. The van der Waals surface area contributed by atoms with Crippen molar-refractivity contribution in [3.8, 4) is 0 Å². The van der Waals surface area contributed by atoms with Crippen LogP contribution in [-0.2, 0) is 25.6 Å². The van der Waals surface area contributed by atoms with Crippen molar-refractivity contribution in [1.82, 2.24) is 25.9 Å². The van der Waals surface area contributed by atoms with Gasteiger partial charge in [-0.2, -0.15) is 0 Å². The van der Waals surface area contributed by atoms with E-state index >= 15 is 0 Å². The van der Waals surface area contributed by atoms with Crippen LogP contribution in [0.15, 0.2) is 12.5 Å². The van der Waals surface area contributed by atoms with Crippen LogP contribution in [0.5, 0.6) is 0 Å². The topological polar surface area (TPSA) is 179 Å². The van der Waals surface area contributed by atoms with Gasteiger partial charge in [-0.15, -0.1) is 0 Å². The molecule has 7 N–H and O–H groups in total. The molecule has 0 aromatic carbocycles. The van der Waals surface area contributed by atoms with Gasteiger partial charge in [0.2, 0.25) is 17.7 Å². The van der Waals surface area contributed by atoms with Gasteiger partial charge >= 0.3 is 5.97 Å². The third-order valence-corrected chi connectivity index (χ3v) is 5.70. The maximum Gasteiger partial charge on any atom is 0.326 e. The zero-order chi connectivity index (χ0) is 26.0. The van der Waals surface area contributed by atoms with Crippen molar-refractivity contribution in [2.45, 2.75) is 85.0 Å². The second-order valence-electron chi connectivity index (χ2n) is 9.52. The Morgan fingerprint density at radius 1 is 1.00 bits per heavy atom. The second-order valence-corrected chi connectivity index (χ2v) is 9.52. The maximum absolute atomic E-state index is 13.2. The van der Waals surface area contributed by atoms with Crippen LogP contribution in [0, 0.1) is 17.8 Å². The molecular weight excluding hydrogens is 440 g/mol. The number of nitrogens with zero attached hydrogens (tertiary/aromatic N) is 1. The standard InChI is InChI=1S/C23H40N6O5/c1-7-14(6)19(29-20(30)16(24)9-15-10-25-11-26-15)22(32)27-17(8-12(2)3)21(31)28-18(13(4)5)23(33)34/h10-14,16-19H,7-9,24H2,1-6H3,(H,25,26)(H,27,32)(H,28,31)(H,29,30)(H,33,34). The summed E-state index contributed by atoms with van der Waals surface area (Å²) < 4.78 is 0. The van der Waals surface area contributed by atoms with Gasteiger partial charge in [-0.25, -0.2) is 9.78 Å². The number of carbonyl (C=O) groups excluding carboxylic acids is 3. The summed E-state index contributed by atoms with van der Waals surface area (Å²) in [6.07, 6.45) is 4.20. The van der Waals surface area contributed by atoms with Crippen LogP contribution < -0.4 is 21.7 Å². The van der Waals surface area contributed by atoms with Crippen molar-refractivity contribution in [3.63, 3.8) is 0 Å². The number of carboxylic acids is 1. The average Bonchev–Trinajstić information content (AvgIpc) is 3.26. The second kappa shape index (κ2) is 13.7. The Morgan fingerprint density at radius 2 is 1.62 bits per heavy atom. The van der Waals surface area contributed by atoms with E-state index in [-0.39, 0.29) is 24.2 Å². The SMILES string of the molecule is CCC(C)C(NC(=O)C(N)Cc1cnc[nH]1)C(=O)NC(CC(C)C)C(=O)NC(C(=O)O)C(C)C. The van der Waals surface area contributed by atoms with Gasteiger partial charge in [0, 0.05) is 18.3 Å². The lowest BCUT2D eigenvalue weighted by atomic mass is 9.96. The third kappa shape index (κ3) is 9.12. The molecule has 11 heteroatoms. The van der Waals surface area contributed by atoms with Crippen LogP contribution in [0.25, 0.3) is 0 Å². The van der Waals surface area contributed by atoms with Crippen molar-refractivity contribution < 1.29 is 24.3 Å². The number of carbonyl (C=O) groups is 4. The molecule has 1 aromatic rings. The fourth-order valence-corrected chi connectivity index (χ4v) is 3.42. The maximum atomic E-state index is 13.2. The minimum atomic E-state index is -1.14. The van der Waals surface area contributed by atoms with E-state index in [2.05, 4.69) is 25.9 Å². The Hall–Kier alpha value is -2.95. The highest BCUT2D eigenvalue weighted by molar-refractivity contribution is 5.94. The quantitative estimate of drug-likeness (QED) is 0.225. The third-order valence-electron chi connectivity index (χ3n) is 5.70. The summed E-state index contributed by atoms with van der Waals surface area (Å²) in [6, 6.07) is -3.83. The molecule has 0 saturated heterocycles. The van der Waals surface area contributed by atoms with Crippen LogP contribution in [0.4, 0.5) is 0 Å². The van der Waals surface area contributed by atoms with Gasteiger partial charge in [0.05, 0.1) is 12.4 Å². The number of amides is 3. The molecule has 11 nitrogen and oxygen atoms in total. The van der Waals surface area contributed by atoms with Crippen molar-refractivity contribution in [2.24, 2.45) is 23.5 Å². The highest BCUT2D eigenvalue weighted by Gasteiger charge is 2.33. The van der Waals surface area contributed by atoms with Gasteiger partial charge < -0.3 is 31.8 Å². The molecule has 0 aliphatic heterocycles. The van der Waals surface area contributed by atoms with E-state index in [4.69, 9.17) is 5.73 Å². The van der Waals surface area contributed by atoms with Gasteiger partial charge in [-0.05, 0) is 24.2 Å². The molecule has 1 heterocycles. The summed E-state index contributed by atoms with van der Waals surface area (Å²) in [6.45, 7) is 10.9. The van der Waals surface area contributed by atoms with Crippen LogP contribution in [0.2, 0.25) is 0 Å². The number of hydrogen-bond donors (Lipinski definition) is 6. The Morgan fingerprint density at radius 3 is 2.09 bits per heavy atom. The molecule has 5 atom stereocenters. The summed E-state index contributed by atoms with van der Waals surface area (Å²) in [5.74, 6) is -3.24. The largest absolute Gasteiger partial charge is 0.480 e. The number of nitrogens with one attached hydrogen (secondary N) is 4. The zero-order valence-electron chi connectivity index (χ0n) is 20.9. The molecular formula is C23H40N6O5. The van der Waals surface area contributed by atoms with E-state index < -0.39 is 47.9 Å². The highest BCUT2D eigenvalue weighted by Crippen LogP contribution is 2.12. The first-order valence-electron chi connectivity index (χ1n) is 11.7. The summed E-state index contributed by atoms with van der Waals surface area (Å²) in [5, 5.41) is 17.4. The first kappa shape index (κ1) is 29.1. The molecule has 192 valence electrons. The number of aromatic amines is 1. The molecule has 34 heavy (non-hydrogen) atoms.